The van der Waals surface area contributed by atoms with Gasteiger partial charge in [-0.25, -0.2) is 4.98 Å². The standard InChI is InChI=1S/C19H23ClN2O4S/c1-3-12(2)19-21-17(27-6-4-5-18(23)24)10-22(19)9-13-7-15-16(8-14(13)20)26-11-25-15/h7-8,10,12H,3-6,9,11H2,1-2H3,(H,23,24). The average Bonchev–Trinajstić information content (AvgIpc) is 3.24. The van der Waals surface area contributed by atoms with Gasteiger partial charge >= 0.3 is 5.97 Å². The van der Waals surface area contributed by atoms with Gasteiger partial charge < -0.3 is 19.1 Å². The first-order valence-electron chi connectivity index (χ1n) is 8.97. The van der Waals surface area contributed by atoms with Gasteiger partial charge in [-0.05, 0) is 24.5 Å². The molecule has 3 rings (SSSR count). The summed E-state index contributed by atoms with van der Waals surface area (Å²) in [7, 11) is 0. The first-order chi connectivity index (χ1) is 13.0. The number of aromatic nitrogens is 2. The smallest absolute Gasteiger partial charge is 0.303 e. The molecular formula is C19H23ClN2O4S. The number of carbonyl (C=O) groups is 1. The predicted molar refractivity (Wildman–Crippen MR) is 105 cm³/mol. The number of thioether (sulfide) groups is 1. The van der Waals surface area contributed by atoms with Gasteiger partial charge in [0.1, 0.15) is 10.9 Å². The van der Waals surface area contributed by atoms with Crippen molar-refractivity contribution in [1.29, 1.82) is 0 Å². The largest absolute Gasteiger partial charge is 0.481 e. The van der Waals surface area contributed by atoms with Crippen LogP contribution in [0.4, 0.5) is 0 Å². The molecule has 0 aliphatic carbocycles. The quantitative estimate of drug-likeness (QED) is 0.473. The van der Waals surface area contributed by atoms with Crippen LogP contribution in [-0.4, -0.2) is 33.2 Å². The number of halogens is 1. The van der Waals surface area contributed by atoms with Crippen molar-refractivity contribution in [1.82, 2.24) is 9.55 Å². The Morgan fingerprint density at radius 2 is 2.15 bits per heavy atom. The van der Waals surface area contributed by atoms with E-state index in [-0.39, 0.29) is 13.2 Å². The van der Waals surface area contributed by atoms with E-state index in [0.29, 0.717) is 35.4 Å². The fourth-order valence-electron chi connectivity index (χ4n) is 2.84. The van der Waals surface area contributed by atoms with E-state index < -0.39 is 5.97 Å². The van der Waals surface area contributed by atoms with E-state index in [9.17, 15) is 4.79 Å². The number of imidazole rings is 1. The van der Waals surface area contributed by atoms with Crippen LogP contribution in [0.25, 0.3) is 0 Å². The average molecular weight is 411 g/mol. The van der Waals surface area contributed by atoms with Gasteiger partial charge in [0.05, 0.1) is 6.54 Å². The van der Waals surface area contributed by atoms with Crippen molar-refractivity contribution in [3.63, 3.8) is 0 Å². The number of ether oxygens (including phenoxy) is 2. The highest BCUT2D eigenvalue weighted by molar-refractivity contribution is 7.99. The Morgan fingerprint density at radius 3 is 2.85 bits per heavy atom. The van der Waals surface area contributed by atoms with Gasteiger partial charge in [0.25, 0.3) is 0 Å². The number of rotatable bonds is 9. The molecule has 0 saturated carbocycles. The molecule has 1 atom stereocenters. The summed E-state index contributed by atoms with van der Waals surface area (Å²) in [6.07, 6.45) is 3.81. The highest BCUT2D eigenvalue weighted by Gasteiger charge is 2.19. The molecule has 2 aromatic rings. The Balaban J connectivity index is 1.78. The Morgan fingerprint density at radius 1 is 1.41 bits per heavy atom. The Kier molecular flexibility index (Phi) is 6.55. The highest BCUT2D eigenvalue weighted by Crippen LogP contribution is 2.37. The number of hydrogen-bond donors (Lipinski definition) is 1. The van der Waals surface area contributed by atoms with Gasteiger partial charge in [-0.15, -0.1) is 11.8 Å². The second-order valence-corrected chi connectivity index (χ2v) is 8.04. The maximum atomic E-state index is 10.7. The van der Waals surface area contributed by atoms with E-state index >= 15 is 0 Å². The Bertz CT molecular complexity index is 824. The third-order valence-electron chi connectivity index (χ3n) is 4.51. The lowest BCUT2D eigenvalue weighted by Gasteiger charge is -2.13. The summed E-state index contributed by atoms with van der Waals surface area (Å²) in [5, 5.41) is 10.3. The Labute approximate surface area is 167 Å². The molecule has 1 aliphatic rings. The maximum absolute atomic E-state index is 10.7. The van der Waals surface area contributed by atoms with Crippen LogP contribution in [0.1, 0.15) is 50.4 Å². The van der Waals surface area contributed by atoms with Crippen LogP contribution in [0.5, 0.6) is 11.5 Å². The van der Waals surface area contributed by atoms with Gasteiger partial charge in [0, 0.05) is 35.4 Å². The minimum atomic E-state index is -0.765. The molecule has 8 heteroatoms. The van der Waals surface area contributed by atoms with Gasteiger partial charge in [-0.3, -0.25) is 4.79 Å². The number of fused-ring (bicyclic) bond motifs is 1. The summed E-state index contributed by atoms with van der Waals surface area (Å²) < 4.78 is 13.0. The van der Waals surface area contributed by atoms with Crippen molar-refractivity contribution in [2.45, 2.75) is 50.6 Å². The molecule has 1 aliphatic heterocycles. The van der Waals surface area contributed by atoms with Crippen LogP contribution >= 0.6 is 23.4 Å². The molecule has 1 aromatic carbocycles. The van der Waals surface area contributed by atoms with Crippen LogP contribution in [0.15, 0.2) is 23.4 Å². The van der Waals surface area contributed by atoms with Crippen LogP contribution in [-0.2, 0) is 11.3 Å². The van der Waals surface area contributed by atoms with Crippen molar-refractivity contribution in [2.24, 2.45) is 0 Å². The lowest BCUT2D eigenvalue weighted by Crippen LogP contribution is -2.07. The summed E-state index contributed by atoms with van der Waals surface area (Å²) in [6.45, 7) is 5.10. The third-order valence-corrected chi connectivity index (χ3v) is 5.84. The number of nitrogens with zero attached hydrogens (tertiary/aromatic N) is 2. The molecule has 6 nitrogen and oxygen atoms in total. The summed E-state index contributed by atoms with van der Waals surface area (Å²) in [5.74, 6) is 2.67. The number of aliphatic carboxylic acids is 1. The molecular weight excluding hydrogens is 388 g/mol. The zero-order valence-corrected chi connectivity index (χ0v) is 17.0. The second kappa shape index (κ2) is 8.89. The van der Waals surface area contributed by atoms with E-state index in [1.807, 2.05) is 12.3 Å². The van der Waals surface area contributed by atoms with E-state index in [2.05, 4.69) is 18.4 Å². The molecule has 146 valence electrons. The van der Waals surface area contributed by atoms with E-state index in [0.717, 1.165) is 28.6 Å². The van der Waals surface area contributed by atoms with E-state index in [4.69, 9.17) is 31.2 Å². The zero-order chi connectivity index (χ0) is 19.4. The first kappa shape index (κ1) is 19.9. The monoisotopic (exact) mass is 410 g/mol. The van der Waals surface area contributed by atoms with Crippen molar-refractivity contribution >= 4 is 29.3 Å². The molecule has 1 aromatic heterocycles. The van der Waals surface area contributed by atoms with Crippen LogP contribution in [0.3, 0.4) is 0 Å². The van der Waals surface area contributed by atoms with Gasteiger partial charge in [0.15, 0.2) is 11.5 Å². The third kappa shape index (κ3) is 4.90. The minimum Gasteiger partial charge on any atom is -0.481 e. The van der Waals surface area contributed by atoms with Gasteiger partial charge in [-0.1, -0.05) is 25.4 Å². The van der Waals surface area contributed by atoms with Gasteiger partial charge in [0.2, 0.25) is 6.79 Å². The number of benzene rings is 1. The topological polar surface area (TPSA) is 73.6 Å². The highest BCUT2D eigenvalue weighted by atomic mass is 35.5. The molecule has 27 heavy (non-hydrogen) atoms. The first-order valence-corrected chi connectivity index (χ1v) is 10.3. The second-order valence-electron chi connectivity index (χ2n) is 6.52. The lowest BCUT2D eigenvalue weighted by molar-refractivity contribution is -0.137. The summed E-state index contributed by atoms with van der Waals surface area (Å²) in [5.41, 5.74) is 0.949. The maximum Gasteiger partial charge on any atom is 0.303 e. The molecule has 2 heterocycles. The minimum absolute atomic E-state index is 0.179. The van der Waals surface area contributed by atoms with Crippen molar-refractivity contribution in [2.75, 3.05) is 12.5 Å². The lowest BCUT2D eigenvalue weighted by atomic mass is 10.1. The van der Waals surface area contributed by atoms with Crippen LogP contribution in [0.2, 0.25) is 5.02 Å². The van der Waals surface area contributed by atoms with Crippen LogP contribution < -0.4 is 9.47 Å². The molecule has 0 bridgehead atoms. The summed E-state index contributed by atoms with van der Waals surface area (Å²) in [6, 6.07) is 3.71. The van der Waals surface area contributed by atoms with Crippen molar-refractivity contribution in [3.05, 3.63) is 34.7 Å². The molecule has 0 radical (unpaired) electrons. The fourth-order valence-corrected chi connectivity index (χ4v) is 3.91. The number of hydrogen-bond acceptors (Lipinski definition) is 5. The number of carboxylic acids is 1. The Hall–Kier alpha value is -1.86. The number of carboxylic acid groups (broad SMARTS) is 1. The van der Waals surface area contributed by atoms with Gasteiger partial charge in [-0.2, -0.15) is 0 Å². The molecule has 0 amide bonds. The molecule has 0 fully saturated rings. The SMILES string of the molecule is CCC(C)c1nc(SCCCC(=O)O)cn1Cc1cc2c(cc1Cl)OCO2. The van der Waals surface area contributed by atoms with Crippen LogP contribution in [0, 0.1) is 0 Å². The van der Waals surface area contributed by atoms with E-state index in [1.54, 1.807) is 17.8 Å². The normalized spacial score (nSPS) is 13.7. The van der Waals surface area contributed by atoms with Crippen molar-refractivity contribution < 1.29 is 19.4 Å². The summed E-state index contributed by atoms with van der Waals surface area (Å²) in [4.78, 5) is 15.4. The molecule has 0 spiro atoms. The summed E-state index contributed by atoms with van der Waals surface area (Å²) >= 11 is 8.02. The molecule has 1 N–H and O–H groups in total. The molecule has 1 unspecified atom stereocenters. The van der Waals surface area contributed by atoms with E-state index in [1.165, 1.54) is 0 Å². The zero-order valence-electron chi connectivity index (χ0n) is 15.4. The fraction of sp³-hybridized carbons (Fsp3) is 0.474. The predicted octanol–water partition coefficient (Wildman–Crippen LogP) is 4.78. The van der Waals surface area contributed by atoms with Crippen molar-refractivity contribution in [3.8, 4) is 11.5 Å². The molecule has 0 saturated heterocycles.